The van der Waals surface area contributed by atoms with Crippen molar-refractivity contribution in [2.45, 2.75) is 52.0 Å². The predicted octanol–water partition coefficient (Wildman–Crippen LogP) is 3.66. The van der Waals surface area contributed by atoms with Crippen LogP contribution >= 0.6 is 0 Å². The number of hydrogen-bond acceptors (Lipinski definition) is 2. The molecule has 0 aliphatic heterocycles. The molecule has 3 nitrogen and oxygen atoms in total. The fourth-order valence-electron chi connectivity index (χ4n) is 2.09. The number of carbonyl (C=O) groups excluding carboxylic acids is 1. The molecule has 0 unspecified atom stereocenters. The molecule has 0 radical (unpaired) electrons. The average Bonchev–Trinajstić information content (AvgIpc) is 2.40. The van der Waals surface area contributed by atoms with E-state index in [0.29, 0.717) is 5.57 Å². The smallest absolute Gasteiger partial charge is 0.251 e. The molecule has 0 saturated carbocycles. The van der Waals surface area contributed by atoms with Crippen LogP contribution in [0.5, 0.6) is 0 Å². The summed E-state index contributed by atoms with van der Waals surface area (Å²) in [5, 5.41) is 6.47. The van der Waals surface area contributed by atoms with Gasteiger partial charge < -0.3 is 10.6 Å². The molecule has 0 aromatic carbocycles. The number of amides is 1. The Balaban J connectivity index is 2.08. The molecule has 0 bridgehead atoms. The molecule has 0 spiro atoms. The molecule has 1 aliphatic rings. The summed E-state index contributed by atoms with van der Waals surface area (Å²) in [6, 6.07) is 0. The molecule has 1 amide bonds. The molecule has 1 rings (SSSR count). The zero-order valence-corrected chi connectivity index (χ0v) is 14.2. The lowest BCUT2D eigenvalue weighted by molar-refractivity contribution is -0.117. The van der Waals surface area contributed by atoms with Gasteiger partial charge in [0.15, 0.2) is 0 Å². The molecule has 0 fully saturated rings. The zero-order chi connectivity index (χ0) is 16.3. The molecule has 1 aliphatic carbocycles. The van der Waals surface area contributed by atoms with Crippen molar-refractivity contribution in [3.05, 3.63) is 48.1 Å². The van der Waals surface area contributed by atoms with Gasteiger partial charge in [0.2, 0.25) is 0 Å². The third-order valence-corrected chi connectivity index (χ3v) is 3.30. The van der Waals surface area contributed by atoms with Crippen molar-refractivity contribution >= 4 is 5.91 Å². The lowest BCUT2D eigenvalue weighted by Crippen LogP contribution is -2.36. The van der Waals surface area contributed by atoms with E-state index in [-0.39, 0.29) is 11.4 Å². The monoisotopic (exact) mass is 302 g/mol. The van der Waals surface area contributed by atoms with Crippen LogP contribution < -0.4 is 10.6 Å². The third-order valence-electron chi connectivity index (χ3n) is 3.30. The molecule has 3 heteroatoms. The number of allylic oxidation sites excluding steroid dienone is 6. The molecule has 0 aromatic heterocycles. The second-order valence-corrected chi connectivity index (χ2v) is 6.60. The van der Waals surface area contributed by atoms with Crippen molar-refractivity contribution in [3.8, 4) is 0 Å². The lowest BCUT2D eigenvalue weighted by atomic mass is 10.1. The minimum absolute atomic E-state index is 0.00518. The maximum absolute atomic E-state index is 12.0. The van der Waals surface area contributed by atoms with E-state index in [1.165, 1.54) is 12.8 Å². The standard InChI is InChI=1S/C19H30N2O/c1-19(2,3)21-16-12-8-7-11-15-20-18(22)17-13-9-5-4-6-10-14-17/h4-6,9-10,13-14,21H,7-8,11-12,15-16H2,1-3H3,(H,20,22)/b5-4-,6-4?,9-5?,10-6-,13-9?,14-10?,17-13?,17-14?. The third kappa shape index (κ3) is 9.35. The van der Waals surface area contributed by atoms with Crippen molar-refractivity contribution in [2.24, 2.45) is 0 Å². The number of nitrogens with one attached hydrogen (secondary N) is 2. The van der Waals surface area contributed by atoms with Gasteiger partial charge in [-0.15, -0.1) is 0 Å². The van der Waals surface area contributed by atoms with E-state index in [9.17, 15) is 4.79 Å². The Bertz CT molecular complexity index is 451. The van der Waals surface area contributed by atoms with Gasteiger partial charge in [0, 0.05) is 17.7 Å². The minimum atomic E-state index is 0.00518. The van der Waals surface area contributed by atoms with Gasteiger partial charge in [-0.3, -0.25) is 4.79 Å². The Morgan fingerprint density at radius 1 is 0.909 bits per heavy atom. The molecular weight excluding hydrogens is 272 g/mol. The van der Waals surface area contributed by atoms with Crippen LogP contribution in [0.1, 0.15) is 46.5 Å². The summed E-state index contributed by atoms with van der Waals surface area (Å²) in [7, 11) is 0. The van der Waals surface area contributed by atoms with E-state index < -0.39 is 0 Å². The van der Waals surface area contributed by atoms with Crippen molar-refractivity contribution in [1.82, 2.24) is 10.6 Å². The number of unbranched alkanes of at least 4 members (excludes halogenated alkanes) is 3. The van der Waals surface area contributed by atoms with E-state index >= 15 is 0 Å². The van der Waals surface area contributed by atoms with Crippen LogP contribution in [0.3, 0.4) is 0 Å². The van der Waals surface area contributed by atoms with Crippen molar-refractivity contribution in [2.75, 3.05) is 13.1 Å². The molecule has 0 aromatic rings. The lowest BCUT2D eigenvalue weighted by Gasteiger charge is -2.20. The zero-order valence-electron chi connectivity index (χ0n) is 14.2. The van der Waals surface area contributed by atoms with E-state index in [1.807, 2.05) is 42.5 Å². The number of carbonyl (C=O) groups is 1. The highest BCUT2D eigenvalue weighted by atomic mass is 16.1. The van der Waals surface area contributed by atoms with Crippen LogP contribution in [-0.2, 0) is 4.79 Å². The Kier molecular flexibility index (Phi) is 8.53. The van der Waals surface area contributed by atoms with Crippen LogP contribution in [0.2, 0.25) is 0 Å². The summed E-state index contributed by atoms with van der Waals surface area (Å²) in [5.74, 6) is 0.00518. The largest absolute Gasteiger partial charge is 0.352 e. The fourth-order valence-corrected chi connectivity index (χ4v) is 2.09. The second-order valence-electron chi connectivity index (χ2n) is 6.60. The fraction of sp³-hybridized carbons (Fsp3) is 0.526. The molecular formula is C19H30N2O. The van der Waals surface area contributed by atoms with Gasteiger partial charge in [-0.2, -0.15) is 0 Å². The molecule has 0 saturated heterocycles. The first-order chi connectivity index (χ1) is 10.5. The summed E-state index contributed by atoms with van der Waals surface area (Å²) in [5.41, 5.74) is 0.908. The van der Waals surface area contributed by atoms with E-state index in [0.717, 1.165) is 25.9 Å². The molecule has 0 atom stereocenters. The van der Waals surface area contributed by atoms with Crippen LogP contribution in [0, 0.1) is 0 Å². The first-order valence-corrected chi connectivity index (χ1v) is 8.24. The van der Waals surface area contributed by atoms with Crippen molar-refractivity contribution < 1.29 is 4.79 Å². The SMILES string of the molecule is CC(C)(C)NCCCCCCNC(=O)C1=C/C=C\C=C/C=C1. The van der Waals surface area contributed by atoms with Gasteiger partial charge in [0.05, 0.1) is 0 Å². The molecule has 22 heavy (non-hydrogen) atoms. The second kappa shape index (κ2) is 10.2. The first kappa shape index (κ1) is 18.4. The average molecular weight is 302 g/mol. The van der Waals surface area contributed by atoms with Gasteiger partial charge in [-0.1, -0.05) is 43.2 Å². The van der Waals surface area contributed by atoms with Crippen LogP contribution in [0.4, 0.5) is 0 Å². The maximum Gasteiger partial charge on any atom is 0.251 e. The Morgan fingerprint density at radius 3 is 2.27 bits per heavy atom. The molecule has 2 N–H and O–H groups in total. The van der Waals surface area contributed by atoms with Gasteiger partial charge in [0.25, 0.3) is 5.91 Å². The van der Waals surface area contributed by atoms with Crippen molar-refractivity contribution in [3.63, 3.8) is 0 Å². The minimum Gasteiger partial charge on any atom is -0.352 e. The summed E-state index contributed by atoms with van der Waals surface area (Å²) < 4.78 is 0. The summed E-state index contributed by atoms with van der Waals surface area (Å²) >= 11 is 0. The quantitative estimate of drug-likeness (QED) is 0.672. The highest BCUT2D eigenvalue weighted by Crippen LogP contribution is 2.04. The number of hydrogen-bond donors (Lipinski definition) is 2. The summed E-state index contributed by atoms with van der Waals surface area (Å²) in [6.45, 7) is 8.37. The van der Waals surface area contributed by atoms with Crippen LogP contribution in [0.15, 0.2) is 48.1 Å². The van der Waals surface area contributed by atoms with Gasteiger partial charge in [0.1, 0.15) is 0 Å². The topological polar surface area (TPSA) is 41.1 Å². The van der Waals surface area contributed by atoms with Gasteiger partial charge in [-0.05, 0) is 52.3 Å². The summed E-state index contributed by atoms with van der Waals surface area (Å²) in [4.78, 5) is 12.0. The first-order valence-electron chi connectivity index (χ1n) is 8.24. The van der Waals surface area contributed by atoms with Gasteiger partial charge >= 0.3 is 0 Å². The summed E-state index contributed by atoms with van der Waals surface area (Å²) in [6.07, 6.45) is 17.8. The Morgan fingerprint density at radius 2 is 1.55 bits per heavy atom. The Labute approximate surface area is 135 Å². The Hall–Kier alpha value is -1.61. The van der Waals surface area contributed by atoms with Crippen LogP contribution in [-0.4, -0.2) is 24.5 Å². The van der Waals surface area contributed by atoms with Gasteiger partial charge in [-0.25, -0.2) is 0 Å². The highest BCUT2D eigenvalue weighted by Gasteiger charge is 2.07. The predicted molar refractivity (Wildman–Crippen MR) is 94.7 cm³/mol. The van der Waals surface area contributed by atoms with E-state index in [2.05, 4.69) is 31.4 Å². The molecule has 122 valence electrons. The molecule has 0 heterocycles. The van der Waals surface area contributed by atoms with Crippen molar-refractivity contribution in [1.29, 1.82) is 0 Å². The normalized spacial score (nSPS) is 17.3. The van der Waals surface area contributed by atoms with Crippen LogP contribution in [0.25, 0.3) is 0 Å². The van der Waals surface area contributed by atoms with E-state index in [4.69, 9.17) is 0 Å². The van der Waals surface area contributed by atoms with E-state index in [1.54, 1.807) is 0 Å². The maximum atomic E-state index is 12.0. The highest BCUT2D eigenvalue weighted by molar-refractivity contribution is 5.96. The number of rotatable bonds is 8.